The van der Waals surface area contributed by atoms with Crippen molar-refractivity contribution in [2.24, 2.45) is 0 Å². The number of thioether (sulfide) groups is 1. The number of carbonyl (C=O) groups is 2. The minimum Gasteiger partial charge on any atom is -0.353 e. The van der Waals surface area contributed by atoms with E-state index in [2.05, 4.69) is 15.2 Å². The third-order valence-electron chi connectivity index (χ3n) is 4.76. The molecule has 1 aliphatic heterocycles. The predicted octanol–water partition coefficient (Wildman–Crippen LogP) is 3.30. The molecule has 1 aliphatic rings. The third-order valence-corrected chi connectivity index (χ3v) is 5.81. The maximum atomic E-state index is 14.0. The number of piperidine rings is 1. The molecule has 3 rings (SSSR count). The van der Waals surface area contributed by atoms with Gasteiger partial charge in [-0.15, -0.1) is 11.8 Å². The van der Waals surface area contributed by atoms with Gasteiger partial charge in [-0.3, -0.25) is 19.5 Å². The van der Waals surface area contributed by atoms with E-state index in [0.29, 0.717) is 10.5 Å². The van der Waals surface area contributed by atoms with Crippen molar-refractivity contribution < 1.29 is 14.0 Å². The number of likely N-dealkylation sites (tertiary alicyclic amines) is 1. The number of nitrogens with zero attached hydrogens (tertiary/aromatic N) is 2. The Bertz CT molecular complexity index is 824. The summed E-state index contributed by atoms with van der Waals surface area (Å²) in [6, 6.07) is 10.4. The highest BCUT2D eigenvalue weighted by atomic mass is 32.2. The number of pyridine rings is 1. The molecule has 5 nitrogen and oxygen atoms in total. The van der Waals surface area contributed by atoms with Gasteiger partial charge in [-0.1, -0.05) is 12.1 Å². The number of carbonyl (C=O) groups excluding carboxylic acids is 2. The standard InChI is InChI=1S/C21H24FN3O2S/c1-15(26)16-5-6-20(19(22)12-16)28-14-21(27)24-17-7-10-25(11-8-17)13-18-4-2-3-9-23-18/h2-6,9,12,17H,7-8,10-11,13-14H2,1H3,(H,24,27). The highest BCUT2D eigenvalue weighted by Crippen LogP contribution is 2.23. The minimum absolute atomic E-state index is 0.0942. The normalized spacial score (nSPS) is 15.4. The third kappa shape index (κ3) is 5.87. The molecule has 1 amide bonds. The number of amides is 1. The van der Waals surface area contributed by atoms with E-state index < -0.39 is 5.82 Å². The summed E-state index contributed by atoms with van der Waals surface area (Å²) in [6.45, 7) is 4.05. The van der Waals surface area contributed by atoms with Crippen molar-refractivity contribution in [1.29, 1.82) is 0 Å². The summed E-state index contributed by atoms with van der Waals surface area (Å²) in [4.78, 5) is 30.6. The first-order valence-electron chi connectivity index (χ1n) is 9.36. The number of benzene rings is 1. The van der Waals surface area contributed by atoms with E-state index in [0.717, 1.165) is 49.9 Å². The predicted molar refractivity (Wildman–Crippen MR) is 108 cm³/mol. The van der Waals surface area contributed by atoms with Gasteiger partial charge in [0.05, 0.1) is 11.4 Å². The molecular weight excluding hydrogens is 377 g/mol. The SMILES string of the molecule is CC(=O)c1ccc(SCC(=O)NC2CCN(Cc3ccccn3)CC2)c(F)c1. The van der Waals surface area contributed by atoms with Crippen LogP contribution in [0.5, 0.6) is 0 Å². The largest absolute Gasteiger partial charge is 0.353 e. The van der Waals surface area contributed by atoms with Crippen LogP contribution in [0.2, 0.25) is 0 Å². The molecule has 1 aromatic carbocycles. The van der Waals surface area contributed by atoms with Crippen LogP contribution in [0.3, 0.4) is 0 Å². The molecule has 1 aromatic heterocycles. The zero-order valence-corrected chi connectivity index (χ0v) is 16.7. The highest BCUT2D eigenvalue weighted by Gasteiger charge is 2.21. The van der Waals surface area contributed by atoms with Crippen molar-refractivity contribution in [3.63, 3.8) is 0 Å². The summed E-state index contributed by atoms with van der Waals surface area (Å²) in [7, 11) is 0. The molecule has 0 unspecified atom stereocenters. The van der Waals surface area contributed by atoms with E-state index in [1.165, 1.54) is 13.0 Å². The topological polar surface area (TPSA) is 62.3 Å². The maximum absolute atomic E-state index is 14.0. The molecule has 1 fully saturated rings. The second kappa shape index (κ2) is 9.80. The Morgan fingerprint density at radius 3 is 2.68 bits per heavy atom. The lowest BCUT2D eigenvalue weighted by atomic mass is 10.0. The van der Waals surface area contributed by atoms with Crippen LogP contribution in [0.4, 0.5) is 4.39 Å². The molecule has 2 heterocycles. The minimum atomic E-state index is -0.465. The molecule has 28 heavy (non-hydrogen) atoms. The van der Waals surface area contributed by atoms with Crippen LogP contribution >= 0.6 is 11.8 Å². The van der Waals surface area contributed by atoms with Crippen molar-refractivity contribution in [2.75, 3.05) is 18.8 Å². The van der Waals surface area contributed by atoms with Crippen LogP contribution in [-0.2, 0) is 11.3 Å². The van der Waals surface area contributed by atoms with Gasteiger partial charge in [0, 0.05) is 42.3 Å². The molecule has 7 heteroatoms. The first-order chi connectivity index (χ1) is 13.5. The molecule has 1 N–H and O–H groups in total. The zero-order chi connectivity index (χ0) is 19.9. The summed E-state index contributed by atoms with van der Waals surface area (Å²) in [6.07, 6.45) is 3.59. The summed E-state index contributed by atoms with van der Waals surface area (Å²) in [5.41, 5.74) is 1.39. The lowest BCUT2D eigenvalue weighted by Crippen LogP contribution is -2.44. The van der Waals surface area contributed by atoms with Crippen molar-refractivity contribution in [3.8, 4) is 0 Å². The van der Waals surface area contributed by atoms with Crippen LogP contribution in [-0.4, -0.2) is 46.5 Å². The monoisotopic (exact) mass is 401 g/mol. The average Bonchev–Trinajstić information content (AvgIpc) is 2.69. The summed E-state index contributed by atoms with van der Waals surface area (Å²) < 4.78 is 14.0. The van der Waals surface area contributed by atoms with E-state index in [9.17, 15) is 14.0 Å². The van der Waals surface area contributed by atoms with E-state index in [-0.39, 0.29) is 23.5 Å². The van der Waals surface area contributed by atoms with E-state index >= 15 is 0 Å². The number of aromatic nitrogens is 1. The summed E-state index contributed by atoms with van der Waals surface area (Å²) >= 11 is 1.15. The Labute approximate surface area is 168 Å². The number of nitrogens with one attached hydrogen (secondary N) is 1. The van der Waals surface area contributed by atoms with E-state index in [4.69, 9.17) is 0 Å². The zero-order valence-electron chi connectivity index (χ0n) is 15.9. The smallest absolute Gasteiger partial charge is 0.230 e. The number of ketones is 1. The fourth-order valence-electron chi connectivity index (χ4n) is 3.21. The van der Waals surface area contributed by atoms with Crippen molar-refractivity contribution >= 4 is 23.5 Å². The van der Waals surface area contributed by atoms with Gasteiger partial charge in [0.2, 0.25) is 5.91 Å². The second-order valence-electron chi connectivity index (χ2n) is 6.93. The number of hydrogen-bond acceptors (Lipinski definition) is 5. The Kier molecular flexibility index (Phi) is 7.17. The highest BCUT2D eigenvalue weighted by molar-refractivity contribution is 8.00. The Morgan fingerprint density at radius 1 is 1.25 bits per heavy atom. The Morgan fingerprint density at radius 2 is 2.04 bits per heavy atom. The first-order valence-corrected chi connectivity index (χ1v) is 10.3. The molecular formula is C21H24FN3O2S. The van der Waals surface area contributed by atoms with Crippen molar-refractivity contribution in [2.45, 2.75) is 37.2 Å². The molecule has 2 aromatic rings. The van der Waals surface area contributed by atoms with Gasteiger partial charge in [-0.2, -0.15) is 0 Å². The fraction of sp³-hybridized carbons (Fsp3) is 0.381. The van der Waals surface area contributed by atoms with Crippen LogP contribution in [0.15, 0.2) is 47.5 Å². The molecule has 0 atom stereocenters. The van der Waals surface area contributed by atoms with Gasteiger partial charge < -0.3 is 5.32 Å². The maximum Gasteiger partial charge on any atom is 0.230 e. The molecule has 0 radical (unpaired) electrons. The fourth-order valence-corrected chi connectivity index (χ4v) is 3.94. The van der Waals surface area contributed by atoms with Crippen LogP contribution in [0.25, 0.3) is 0 Å². The molecule has 0 bridgehead atoms. The van der Waals surface area contributed by atoms with Gasteiger partial charge in [0.15, 0.2) is 5.78 Å². The van der Waals surface area contributed by atoms with E-state index in [1.54, 1.807) is 18.3 Å². The lowest BCUT2D eigenvalue weighted by molar-refractivity contribution is -0.119. The van der Waals surface area contributed by atoms with Crippen LogP contribution < -0.4 is 5.32 Å². The summed E-state index contributed by atoms with van der Waals surface area (Å²) in [5, 5.41) is 3.04. The van der Waals surface area contributed by atoms with Crippen molar-refractivity contribution in [1.82, 2.24) is 15.2 Å². The quantitative estimate of drug-likeness (QED) is 0.570. The first kappa shape index (κ1) is 20.5. The molecule has 148 valence electrons. The average molecular weight is 402 g/mol. The van der Waals surface area contributed by atoms with E-state index in [1.807, 2.05) is 18.2 Å². The van der Waals surface area contributed by atoms with Crippen molar-refractivity contribution in [3.05, 3.63) is 59.7 Å². The van der Waals surface area contributed by atoms with Gasteiger partial charge in [0.25, 0.3) is 0 Å². The molecule has 0 spiro atoms. The number of Topliss-reactive ketones (excluding diaryl/α,β-unsaturated/α-hetero) is 1. The molecule has 1 saturated heterocycles. The number of hydrogen-bond donors (Lipinski definition) is 1. The lowest BCUT2D eigenvalue weighted by Gasteiger charge is -2.32. The molecule has 0 saturated carbocycles. The van der Waals surface area contributed by atoms with Gasteiger partial charge in [-0.05, 0) is 44.0 Å². The number of rotatable bonds is 7. The Hall–Kier alpha value is -2.25. The Balaban J connectivity index is 1.40. The number of halogens is 1. The summed E-state index contributed by atoms with van der Waals surface area (Å²) in [5.74, 6) is -0.580. The molecule has 0 aliphatic carbocycles. The van der Waals surface area contributed by atoms with Crippen LogP contribution in [0.1, 0.15) is 35.8 Å². The van der Waals surface area contributed by atoms with Gasteiger partial charge in [0.1, 0.15) is 5.82 Å². The second-order valence-corrected chi connectivity index (χ2v) is 7.95. The van der Waals surface area contributed by atoms with Gasteiger partial charge >= 0.3 is 0 Å². The van der Waals surface area contributed by atoms with Gasteiger partial charge in [-0.25, -0.2) is 4.39 Å². The van der Waals surface area contributed by atoms with Crippen LogP contribution in [0, 0.1) is 5.82 Å².